The maximum Gasteiger partial charge on any atom is 0.162 e. The number of nitrogens with zero attached hydrogens (tertiary/aromatic N) is 2. The second kappa shape index (κ2) is 12.2. The minimum absolute atomic E-state index is 0.312. The molecule has 0 N–H and O–H groups in total. The molecule has 2 heterocycles. The maximum atomic E-state index is 13.1. The van der Waals surface area contributed by atoms with E-state index < -0.39 is 0 Å². The van der Waals surface area contributed by atoms with Crippen LogP contribution in [0, 0.1) is 5.92 Å². The van der Waals surface area contributed by atoms with E-state index in [0.29, 0.717) is 18.1 Å². The van der Waals surface area contributed by atoms with Gasteiger partial charge in [0.1, 0.15) is 0 Å². The molecule has 1 saturated heterocycles. The summed E-state index contributed by atoms with van der Waals surface area (Å²) in [5.74, 6) is 0.967. The summed E-state index contributed by atoms with van der Waals surface area (Å²) >= 11 is 6.01. The zero-order chi connectivity index (χ0) is 24.7. The fourth-order valence-electron chi connectivity index (χ4n) is 5.71. The summed E-state index contributed by atoms with van der Waals surface area (Å²) in [6, 6.07) is 25.4. The molecule has 0 unspecified atom stereocenters. The smallest absolute Gasteiger partial charge is 0.162 e. The first kappa shape index (κ1) is 25.2. The first-order valence-corrected chi connectivity index (χ1v) is 13.9. The summed E-state index contributed by atoms with van der Waals surface area (Å²) in [6.07, 6.45) is 6.13. The Morgan fingerprint density at radius 3 is 2.11 bits per heavy atom. The zero-order valence-electron chi connectivity index (χ0n) is 21.2. The maximum absolute atomic E-state index is 13.1. The van der Waals surface area contributed by atoms with Crippen molar-refractivity contribution >= 4 is 17.4 Å². The Morgan fingerprint density at radius 1 is 0.750 bits per heavy atom. The predicted molar refractivity (Wildman–Crippen MR) is 149 cm³/mol. The van der Waals surface area contributed by atoms with Gasteiger partial charge in [0.05, 0.1) is 0 Å². The van der Waals surface area contributed by atoms with E-state index in [4.69, 9.17) is 11.6 Å². The highest BCUT2D eigenvalue weighted by atomic mass is 35.5. The van der Waals surface area contributed by atoms with Crippen molar-refractivity contribution in [2.75, 3.05) is 26.2 Å². The van der Waals surface area contributed by atoms with E-state index in [0.717, 1.165) is 69.1 Å². The van der Waals surface area contributed by atoms with Crippen molar-refractivity contribution in [2.24, 2.45) is 5.92 Å². The van der Waals surface area contributed by atoms with Crippen LogP contribution in [-0.2, 0) is 25.9 Å². The van der Waals surface area contributed by atoms with Crippen LogP contribution in [0.3, 0.4) is 0 Å². The lowest BCUT2D eigenvalue weighted by Gasteiger charge is -2.32. The van der Waals surface area contributed by atoms with Gasteiger partial charge in [0.2, 0.25) is 0 Å². The van der Waals surface area contributed by atoms with Crippen LogP contribution in [0.4, 0.5) is 0 Å². The van der Waals surface area contributed by atoms with Gasteiger partial charge >= 0.3 is 0 Å². The number of likely N-dealkylation sites (tertiary alicyclic amines) is 1. The Bertz CT molecular complexity index is 1140. The van der Waals surface area contributed by atoms with Crippen molar-refractivity contribution in [3.63, 3.8) is 0 Å². The predicted octanol–water partition coefficient (Wildman–Crippen LogP) is 6.82. The summed E-state index contributed by atoms with van der Waals surface area (Å²) in [6.45, 7) is 6.33. The third kappa shape index (κ3) is 6.85. The molecular weight excluding hydrogens is 464 g/mol. The largest absolute Gasteiger partial charge is 0.299 e. The molecule has 5 rings (SSSR count). The van der Waals surface area contributed by atoms with Gasteiger partial charge in [-0.3, -0.25) is 14.6 Å². The lowest BCUT2D eigenvalue weighted by atomic mass is 9.89. The van der Waals surface area contributed by atoms with Crippen LogP contribution in [-0.4, -0.2) is 41.8 Å². The molecule has 188 valence electrons. The van der Waals surface area contributed by atoms with E-state index in [-0.39, 0.29) is 0 Å². The third-order valence-electron chi connectivity index (χ3n) is 7.98. The normalized spacial score (nSPS) is 17.5. The Balaban J connectivity index is 1.08. The van der Waals surface area contributed by atoms with Gasteiger partial charge in [0.25, 0.3) is 0 Å². The van der Waals surface area contributed by atoms with Crippen molar-refractivity contribution in [2.45, 2.75) is 51.6 Å². The van der Waals surface area contributed by atoms with Crippen molar-refractivity contribution in [3.8, 4) is 0 Å². The molecule has 0 aromatic heterocycles. The molecule has 0 saturated carbocycles. The van der Waals surface area contributed by atoms with E-state index in [1.54, 1.807) is 0 Å². The molecule has 0 aliphatic carbocycles. The van der Waals surface area contributed by atoms with Crippen LogP contribution >= 0.6 is 11.6 Å². The molecule has 0 atom stereocenters. The number of piperidine rings is 1. The highest BCUT2D eigenvalue weighted by Crippen LogP contribution is 2.25. The van der Waals surface area contributed by atoms with Gasteiger partial charge in [0.15, 0.2) is 5.78 Å². The fraction of sp³-hybridized carbons (Fsp3) is 0.406. The molecule has 0 spiro atoms. The van der Waals surface area contributed by atoms with Crippen LogP contribution in [0.2, 0.25) is 5.02 Å². The summed E-state index contributed by atoms with van der Waals surface area (Å²) in [5.41, 5.74) is 6.38. The van der Waals surface area contributed by atoms with E-state index >= 15 is 0 Å². The monoisotopic (exact) mass is 500 g/mol. The van der Waals surface area contributed by atoms with E-state index in [1.165, 1.54) is 35.1 Å². The second-order valence-corrected chi connectivity index (χ2v) is 11.0. The van der Waals surface area contributed by atoms with Gasteiger partial charge in [-0.25, -0.2) is 0 Å². The first-order valence-electron chi connectivity index (χ1n) is 13.5. The minimum Gasteiger partial charge on any atom is -0.299 e. The molecule has 0 bridgehead atoms. The average Bonchev–Trinajstić information content (AvgIpc) is 3.12. The number of carbonyl (C=O) groups is 1. The number of Topliss-reactive ketones (excluding diaryl/α,β-unsaturated/α-hetero) is 1. The van der Waals surface area contributed by atoms with Gasteiger partial charge in [-0.15, -0.1) is 0 Å². The van der Waals surface area contributed by atoms with Gasteiger partial charge < -0.3 is 0 Å². The Kier molecular flexibility index (Phi) is 8.53. The zero-order valence-corrected chi connectivity index (χ0v) is 21.9. The number of rotatable bonds is 8. The molecule has 1 fully saturated rings. The van der Waals surface area contributed by atoms with Crippen LogP contribution in [0.5, 0.6) is 0 Å². The number of fused-ring (bicyclic) bond motifs is 1. The number of hydrogen-bond donors (Lipinski definition) is 0. The van der Waals surface area contributed by atoms with Crippen LogP contribution in [0.15, 0.2) is 72.8 Å². The summed E-state index contributed by atoms with van der Waals surface area (Å²) in [5, 5.41) is 0.793. The highest BCUT2D eigenvalue weighted by Gasteiger charge is 2.21. The highest BCUT2D eigenvalue weighted by molar-refractivity contribution is 6.30. The molecular formula is C32H37ClN2O. The summed E-state index contributed by atoms with van der Waals surface area (Å²) in [7, 11) is 0. The van der Waals surface area contributed by atoms with E-state index in [9.17, 15) is 4.79 Å². The topological polar surface area (TPSA) is 23.6 Å². The molecule has 0 radical (unpaired) electrons. The van der Waals surface area contributed by atoms with E-state index in [2.05, 4.69) is 70.5 Å². The number of halogens is 1. The summed E-state index contributed by atoms with van der Waals surface area (Å²) < 4.78 is 0. The first-order chi connectivity index (χ1) is 17.6. The van der Waals surface area contributed by atoms with Crippen molar-refractivity contribution < 1.29 is 4.79 Å². The van der Waals surface area contributed by atoms with E-state index in [1.807, 2.05) is 12.1 Å². The minimum atomic E-state index is 0.312. The quantitative estimate of drug-likeness (QED) is 0.317. The molecule has 4 heteroatoms. The van der Waals surface area contributed by atoms with Crippen LogP contribution < -0.4 is 0 Å². The van der Waals surface area contributed by atoms with Gasteiger partial charge in [-0.1, -0.05) is 66.2 Å². The van der Waals surface area contributed by atoms with Crippen molar-refractivity contribution in [3.05, 3.63) is 106 Å². The van der Waals surface area contributed by atoms with Crippen LogP contribution in [0.25, 0.3) is 0 Å². The molecule has 3 nitrogen and oxygen atoms in total. The Hall–Kier alpha value is -2.46. The number of carbonyl (C=O) groups excluding carboxylic acids is 1. The standard InChI is InChI=1S/C32H37ClN2O/c33-31-11-6-27(7-12-31)24-34-18-14-25(15-19-34)8-13-32(36)30-10-9-28-16-20-35(21-17-29(28)22-30)23-26-4-2-1-3-5-26/h1-7,9-12,22,25H,8,13-21,23-24H2. The van der Waals surface area contributed by atoms with Gasteiger partial charge in [-0.05, 0) is 91.6 Å². The Labute approximate surface area is 221 Å². The number of hydrogen-bond acceptors (Lipinski definition) is 3. The van der Waals surface area contributed by atoms with Gasteiger partial charge in [-0.2, -0.15) is 0 Å². The molecule has 3 aromatic carbocycles. The lowest BCUT2D eigenvalue weighted by molar-refractivity contribution is 0.0961. The van der Waals surface area contributed by atoms with Gasteiger partial charge in [0, 0.05) is 43.2 Å². The average molecular weight is 501 g/mol. The SMILES string of the molecule is O=C(CCC1CCN(Cc2ccc(Cl)cc2)CC1)c1ccc2c(c1)CCN(Cc1ccccc1)CC2. The second-order valence-electron chi connectivity index (χ2n) is 10.6. The van der Waals surface area contributed by atoms with Crippen molar-refractivity contribution in [1.82, 2.24) is 9.80 Å². The third-order valence-corrected chi connectivity index (χ3v) is 8.23. The molecule has 3 aromatic rings. The fourth-order valence-corrected chi connectivity index (χ4v) is 5.83. The number of ketones is 1. The lowest BCUT2D eigenvalue weighted by Crippen LogP contribution is -2.33. The molecule has 2 aliphatic rings. The molecule has 2 aliphatic heterocycles. The van der Waals surface area contributed by atoms with Crippen LogP contribution in [0.1, 0.15) is 58.3 Å². The molecule has 0 amide bonds. The molecule has 36 heavy (non-hydrogen) atoms. The van der Waals surface area contributed by atoms with Crippen molar-refractivity contribution in [1.29, 1.82) is 0 Å². The Morgan fingerprint density at radius 2 is 1.39 bits per heavy atom. The summed E-state index contributed by atoms with van der Waals surface area (Å²) in [4.78, 5) is 18.1. The number of benzene rings is 3.